The maximum Gasteiger partial charge on any atom is 0.324 e. The smallest absolute Gasteiger partial charge is 0.324 e. The van der Waals surface area contributed by atoms with Gasteiger partial charge in [0.15, 0.2) is 0 Å². The minimum atomic E-state index is -0.341. The maximum atomic E-state index is 10.7. The summed E-state index contributed by atoms with van der Waals surface area (Å²) in [6.07, 6.45) is 2.48. The molecule has 6 heteroatoms. The second-order valence-electron chi connectivity index (χ2n) is 5.06. The van der Waals surface area contributed by atoms with E-state index in [1.54, 1.807) is 6.07 Å². The van der Waals surface area contributed by atoms with Gasteiger partial charge in [-0.25, -0.2) is 0 Å². The van der Waals surface area contributed by atoms with E-state index in [4.69, 9.17) is 0 Å². The van der Waals surface area contributed by atoms with E-state index in [0.717, 1.165) is 23.7 Å². The summed E-state index contributed by atoms with van der Waals surface area (Å²) in [5, 5.41) is 14.3. The van der Waals surface area contributed by atoms with Crippen LogP contribution in [0.15, 0.2) is 36.4 Å². The molecular weight excluding hydrogens is 286 g/mol. The normalized spacial score (nSPS) is 14.4. The van der Waals surface area contributed by atoms with Crippen molar-refractivity contribution in [3.05, 3.63) is 51.4 Å². The van der Waals surface area contributed by atoms with Crippen molar-refractivity contribution >= 4 is 27.7 Å². The van der Waals surface area contributed by atoms with Crippen LogP contribution in [0.4, 0.5) is 16.4 Å². The van der Waals surface area contributed by atoms with Gasteiger partial charge in [-0.1, -0.05) is 23.5 Å². The third kappa shape index (κ3) is 3.16. The van der Waals surface area contributed by atoms with Gasteiger partial charge in [0.1, 0.15) is 0 Å². The molecule has 2 heterocycles. The highest BCUT2D eigenvalue weighted by Gasteiger charge is 2.15. The number of para-hydroxylation sites is 2. The first-order valence-corrected chi connectivity index (χ1v) is 7.86. The lowest BCUT2D eigenvalue weighted by atomic mass is 10.2. The van der Waals surface area contributed by atoms with Crippen LogP contribution in [0.3, 0.4) is 0 Å². The quantitative estimate of drug-likeness (QED) is 0.673. The number of nitrogens with zero attached hydrogens (tertiary/aromatic N) is 2. The van der Waals surface area contributed by atoms with Gasteiger partial charge in [0.05, 0.1) is 16.3 Å². The zero-order valence-corrected chi connectivity index (χ0v) is 12.4. The van der Waals surface area contributed by atoms with Crippen molar-refractivity contribution in [3.8, 4) is 0 Å². The largest absolute Gasteiger partial charge is 0.378 e. The van der Waals surface area contributed by atoms with Crippen LogP contribution in [-0.2, 0) is 6.54 Å². The summed E-state index contributed by atoms with van der Waals surface area (Å²) in [6, 6.07) is 11.6. The standard InChI is InChI=1S/C15H17N3O2S/c19-18(20)15-8-7-12(21-15)11-16-13-5-1-2-6-14(13)17-9-3-4-10-17/h1-2,5-8,16H,3-4,9-11H2. The van der Waals surface area contributed by atoms with E-state index >= 15 is 0 Å². The molecule has 1 N–H and O–H groups in total. The topological polar surface area (TPSA) is 58.4 Å². The number of hydrogen-bond acceptors (Lipinski definition) is 5. The first-order chi connectivity index (χ1) is 10.2. The highest BCUT2D eigenvalue weighted by molar-refractivity contribution is 7.15. The van der Waals surface area contributed by atoms with E-state index in [1.807, 2.05) is 12.1 Å². The molecule has 1 fully saturated rings. The lowest BCUT2D eigenvalue weighted by molar-refractivity contribution is -0.380. The Morgan fingerprint density at radius 3 is 2.67 bits per heavy atom. The van der Waals surface area contributed by atoms with Gasteiger partial charge in [-0.3, -0.25) is 10.1 Å². The Labute approximate surface area is 127 Å². The molecule has 1 aromatic carbocycles. The zero-order valence-electron chi connectivity index (χ0n) is 11.6. The van der Waals surface area contributed by atoms with Crippen molar-refractivity contribution in [1.82, 2.24) is 0 Å². The van der Waals surface area contributed by atoms with Crippen LogP contribution in [0.2, 0.25) is 0 Å². The molecule has 2 aromatic rings. The molecule has 0 atom stereocenters. The molecule has 1 aliphatic rings. The summed E-state index contributed by atoms with van der Waals surface area (Å²) < 4.78 is 0. The van der Waals surface area contributed by atoms with Gasteiger partial charge in [-0.05, 0) is 31.0 Å². The van der Waals surface area contributed by atoms with Gasteiger partial charge >= 0.3 is 5.00 Å². The molecule has 1 saturated heterocycles. The Morgan fingerprint density at radius 1 is 1.19 bits per heavy atom. The summed E-state index contributed by atoms with van der Waals surface area (Å²) in [6.45, 7) is 2.82. The molecule has 1 aliphatic heterocycles. The third-order valence-corrected chi connectivity index (χ3v) is 4.67. The SMILES string of the molecule is O=[N+]([O-])c1ccc(CNc2ccccc2N2CCCC2)s1. The van der Waals surface area contributed by atoms with Crippen molar-refractivity contribution in [2.75, 3.05) is 23.3 Å². The van der Waals surface area contributed by atoms with Crippen molar-refractivity contribution in [1.29, 1.82) is 0 Å². The second-order valence-corrected chi connectivity index (χ2v) is 6.21. The minimum absolute atomic E-state index is 0.194. The maximum absolute atomic E-state index is 10.7. The van der Waals surface area contributed by atoms with Crippen molar-refractivity contribution in [2.45, 2.75) is 19.4 Å². The second kappa shape index (κ2) is 6.13. The van der Waals surface area contributed by atoms with Crippen molar-refractivity contribution in [3.63, 3.8) is 0 Å². The van der Waals surface area contributed by atoms with E-state index in [-0.39, 0.29) is 9.92 Å². The van der Waals surface area contributed by atoms with Gasteiger partial charge in [0.2, 0.25) is 0 Å². The Hall–Kier alpha value is -2.08. The fourth-order valence-corrected chi connectivity index (χ4v) is 3.36. The van der Waals surface area contributed by atoms with E-state index in [2.05, 4.69) is 28.4 Å². The molecule has 0 unspecified atom stereocenters. The first-order valence-electron chi connectivity index (χ1n) is 7.05. The summed E-state index contributed by atoms with van der Waals surface area (Å²) in [7, 11) is 0. The molecule has 1 aromatic heterocycles. The lowest BCUT2D eigenvalue weighted by Gasteiger charge is -2.21. The number of hydrogen-bond donors (Lipinski definition) is 1. The predicted octanol–water partition coefficient (Wildman–Crippen LogP) is 3.87. The molecule has 110 valence electrons. The van der Waals surface area contributed by atoms with Crippen molar-refractivity contribution < 1.29 is 4.92 Å². The molecule has 0 radical (unpaired) electrons. The average Bonchev–Trinajstić information content (AvgIpc) is 3.17. The predicted molar refractivity (Wildman–Crippen MR) is 86.2 cm³/mol. The highest BCUT2D eigenvalue weighted by Crippen LogP contribution is 2.30. The number of nitrogens with one attached hydrogen (secondary N) is 1. The fourth-order valence-electron chi connectivity index (χ4n) is 2.60. The van der Waals surface area contributed by atoms with Crippen LogP contribution in [0, 0.1) is 10.1 Å². The Balaban J connectivity index is 1.71. The number of thiophene rings is 1. The lowest BCUT2D eigenvalue weighted by Crippen LogP contribution is -2.19. The molecule has 0 aliphatic carbocycles. The van der Waals surface area contributed by atoms with Gasteiger partial charge in [-0.2, -0.15) is 0 Å². The van der Waals surface area contributed by atoms with Crippen LogP contribution in [-0.4, -0.2) is 18.0 Å². The van der Waals surface area contributed by atoms with Crippen LogP contribution in [0.5, 0.6) is 0 Å². The van der Waals surface area contributed by atoms with E-state index in [9.17, 15) is 10.1 Å². The summed E-state index contributed by atoms with van der Waals surface area (Å²) in [4.78, 5) is 13.7. The number of anilines is 2. The van der Waals surface area contributed by atoms with E-state index in [0.29, 0.717) is 6.54 Å². The van der Waals surface area contributed by atoms with Gasteiger partial charge < -0.3 is 10.2 Å². The molecule has 0 amide bonds. The molecular formula is C15H17N3O2S. The minimum Gasteiger partial charge on any atom is -0.378 e. The Bertz CT molecular complexity index is 635. The van der Waals surface area contributed by atoms with E-state index in [1.165, 1.54) is 29.9 Å². The summed E-state index contributed by atoms with van der Waals surface area (Å²) in [5.41, 5.74) is 2.32. The van der Waals surface area contributed by atoms with Crippen LogP contribution < -0.4 is 10.2 Å². The van der Waals surface area contributed by atoms with E-state index < -0.39 is 0 Å². The number of rotatable bonds is 5. The van der Waals surface area contributed by atoms with Crippen molar-refractivity contribution in [2.24, 2.45) is 0 Å². The Morgan fingerprint density at radius 2 is 1.95 bits per heavy atom. The van der Waals surface area contributed by atoms with Gasteiger partial charge in [-0.15, -0.1) is 0 Å². The monoisotopic (exact) mass is 303 g/mol. The molecule has 0 saturated carbocycles. The average molecular weight is 303 g/mol. The Kier molecular flexibility index (Phi) is 4.06. The molecule has 21 heavy (non-hydrogen) atoms. The first kappa shape index (κ1) is 13.9. The van der Waals surface area contributed by atoms with Gasteiger partial charge in [0, 0.05) is 30.6 Å². The molecule has 0 bridgehead atoms. The third-order valence-electron chi connectivity index (χ3n) is 3.63. The van der Waals surface area contributed by atoms with Gasteiger partial charge in [0.25, 0.3) is 0 Å². The summed E-state index contributed by atoms with van der Waals surface area (Å²) >= 11 is 1.22. The number of benzene rings is 1. The molecule has 0 spiro atoms. The summed E-state index contributed by atoms with van der Waals surface area (Å²) in [5.74, 6) is 0. The number of nitro groups is 1. The van der Waals surface area contributed by atoms with Crippen LogP contribution in [0.25, 0.3) is 0 Å². The molecule has 5 nitrogen and oxygen atoms in total. The molecule has 3 rings (SSSR count). The zero-order chi connectivity index (χ0) is 14.7. The highest BCUT2D eigenvalue weighted by atomic mass is 32.1. The van der Waals surface area contributed by atoms with Crippen LogP contribution in [0.1, 0.15) is 17.7 Å². The fraction of sp³-hybridized carbons (Fsp3) is 0.333. The van der Waals surface area contributed by atoms with Crippen LogP contribution >= 0.6 is 11.3 Å².